The molecule has 98 valence electrons. The standard InChI is InChI=1S/C20H18/c1-3-13-8-10-16-18-11-9-14(4-2)15-6-5-7-17(20(15)18)19(16)12-13/h5-12H,3-4H2,1-2H3. The first kappa shape index (κ1) is 11.7. The Morgan fingerprint density at radius 2 is 1.50 bits per heavy atom. The van der Waals surface area contributed by atoms with Crippen molar-refractivity contribution in [2.45, 2.75) is 26.7 Å². The third-order valence-corrected chi connectivity index (χ3v) is 4.58. The molecule has 20 heavy (non-hydrogen) atoms. The molecule has 0 spiro atoms. The summed E-state index contributed by atoms with van der Waals surface area (Å²) < 4.78 is 0. The monoisotopic (exact) mass is 258 g/mol. The van der Waals surface area contributed by atoms with E-state index < -0.39 is 0 Å². The van der Waals surface area contributed by atoms with Gasteiger partial charge in [-0.15, -0.1) is 0 Å². The molecule has 0 heterocycles. The fourth-order valence-electron chi connectivity index (χ4n) is 3.49. The van der Waals surface area contributed by atoms with Crippen molar-refractivity contribution >= 4 is 10.8 Å². The van der Waals surface area contributed by atoms with Gasteiger partial charge in [0.15, 0.2) is 0 Å². The molecule has 0 saturated carbocycles. The lowest BCUT2D eigenvalue weighted by Crippen LogP contribution is -1.84. The Morgan fingerprint density at radius 3 is 2.30 bits per heavy atom. The zero-order valence-corrected chi connectivity index (χ0v) is 12.0. The average Bonchev–Trinajstić information content (AvgIpc) is 2.83. The predicted molar refractivity (Wildman–Crippen MR) is 87.1 cm³/mol. The zero-order chi connectivity index (χ0) is 13.7. The molecule has 0 aromatic heterocycles. The minimum Gasteiger partial charge on any atom is -0.0613 e. The maximum Gasteiger partial charge on any atom is -0.00236 e. The molecular weight excluding hydrogens is 240 g/mol. The summed E-state index contributed by atoms with van der Waals surface area (Å²) in [7, 11) is 0. The molecule has 1 aliphatic carbocycles. The highest BCUT2D eigenvalue weighted by Gasteiger charge is 2.21. The van der Waals surface area contributed by atoms with Crippen LogP contribution in [0.4, 0.5) is 0 Å². The Morgan fingerprint density at radius 1 is 0.700 bits per heavy atom. The lowest BCUT2D eigenvalue weighted by Gasteiger charge is -2.06. The van der Waals surface area contributed by atoms with Crippen LogP contribution in [0.25, 0.3) is 33.0 Å². The number of hydrogen-bond donors (Lipinski definition) is 0. The summed E-state index contributed by atoms with van der Waals surface area (Å²) in [5, 5.41) is 2.88. The van der Waals surface area contributed by atoms with E-state index in [1.165, 1.54) is 44.2 Å². The van der Waals surface area contributed by atoms with Gasteiger partial charge in [0.1, 0.15) is 0 Å². The third kappa shape index (κ3) is 1.42. The number of aryl methyl sites for hydroxylation is 2. The minimum atomic E-state index is 1.09. The number of benzene rings is 3. The Hall–Kier alpha value is -2.08. The van der Waals surface area contributed by atoms with Crippen molar-refractivity contribution in [3.05, 3.63) is 59.7 Å². The van der Waals surface area contributed by atoms with Gasteiger partial charge in [0.25, 0.3) is 0 Å². The normalized spacial score (nSPS) is 11.9. The average molecular weight is 258 g/mol. The lowest BCUT2D eigenvalue weighted by atomic mass is 9.97. The van der Waals surface area contributed by atoms with Gasteiger partial charge in [-0.3, -0.25) is 0 Å². The van der Waals surface area contributed by atoms with E-state index in [9.17, 15) is 0 Å². The van der Waals surface area contributed by atoms with Crippen molar-refractivity contribution in [3.63, 3.8) is 0 Å². The highest BCUT2D eigenvalue weighted by Crippen LogP contribution is 2.48. The third-order valence-electron chi connectivity index (χ3n) is 4.58. The van der Waals surface area contributed by atoms with E-state index in [2.05, 4.69) is 62.4 Å². The van der Waals surface area contributed by atoms with Crippen LogP contribution in [0.3, 0.4) is 0 Å². The molecular formula is C20H18. The molecule has 0 saturated heterocycles. The molecule has 3 aromatic rings. The van der Waals surface area contributed by atoms with E-state index in [-0.39, 0.29) is 0 Å². The summed E-state index contributed by atoms with van der Waals surface area (Å²) in [6, 6.07) is 18.3. The summed E-state index contributed by atoms with van der Waals surface area (Å²) >= 11 is 0. The van der Waals surface area contributed by atoms with Gasteiger partial charge in [0.2, 0.25) is 0 Å². The number of hydrogen-bond acceptors (Lipinski definition) is 0. The van der Waals surface area contributed by atoms with Crippen LogP contribution in [0.1, 0.15) is 25.0 Å². The van der Waals surface area contributed by atoms with Gasteiger partial charge in [0.05, 0.1) is 0 Å². The van der Waals surface area contributed by atoms with Crippen LogP contribution in [-0.4, -0.2) is 0 Å². The van der Waals surface area contributed by atoms with Crippen molar-refractivity contribution < 1.29 is 0 Å². The molecule has 0 unspecified atom stereocenters. The Kier molecular flexibility index (Phi) is 2.47. The summed E-state index contributed by atoms with van der Waals surface area (Å²) in [5.41, 5.74) is 8.51. The van der Waals surface area contributed by atoms with Crippen molar-refractivity contribution in [2.24, 2.45) is 0 Å². The van der Waals surface area contributed by atoms with E-state index in [1.54, 1.807) is 0 Å². The highest BCUT2D eigenvalue weighted by molar-refractivity contribution is 6.16. The highest BCUT2D eigenvalue weighted by atomic mass is 14.2. The second-order valence-electron chi connectivity index (χ2n) is 5.59. The Labute approximate surface area is 120 Å². The van der Waals surface area contributed by atoms with E-state index in [4.69, 9.17) is 0 Å². The van der Waals surface area contributed by atoms with Gasteiger partial charge in [-0.1, -0.05) is 62.4 Å². The van der Waals surface area contributed by atoms with Crippen LogP contribution >= 0.6 is 0 Å². The van der Waals surface area contributed by atoms with E-state index in [0.717, 1.165) is 12.8 Å². The first-order chi connectivity index (χ1) is 9.83. The molecule has 0 N–H and O–H groups in total. The number of fused-ring (bicyclic) bond motifs is 3. The van der Waals surface area contributed by atoms with Gasteiger partial charge in [-0.2, -0.15) is 0 Å². The fourth-order valence-corrected chi connectivity index (χ4v) is 3.49. The molecule has 4 rings (SSSR count). The molecule has 0 aliphatic heterocycles. The fraction of sp³-hybridized carbons (Fsp3) is 0.200. The number of rotatable bonds is 2. The Balaban J connectivity index is 2.13. The molecule has 3 aromatic carbocycles. The maximum atomic E-state index is 2.37. The van der Waals surface area contributed by atoms with Crippen LogP contribution < -0.4 is 0 Å². The first-order valence-corrected chi connectivity index (χ1v) is 7.51. The molecule has 0 heteroatoms. The van der Waals surface area contributed by atoms with E-state index >= 15 is 0 Å². The van der Waals surface area contributed by atoms with Crippen molar-refractivity contribution in [2.75, 3.05) is 0 Å². The zero-order valence-electron chi connectivity index (χ0n) is 12.0. The van der Waals surface area contributed by atoms with Crippen molar-refractivity contribution in [3.8, 4) is 22.3 Å². The van der Waals surface area contributed by atoms with Crippen LogP contribution in [-0.2, 0) is 12.8 Å². The van der Waals surface area contributed by atoms with Gasteiger partial charge in [0, 0.05) is 0 Å². The molecule has 0 fully saturated rings. The summed E-state index contributed by atoms with van der Waals surface area (Å²) in [4.78, 5) is 0. The molecule has 0 atom stereocenters. The van der Waals surface area contributed by atoms with Crippen LogP contribution in [0.5, 0.6) is 0 Å². The molecule has 1 aliphatic rings. The first-order valence-electron chi connectivity index (χ1n) is 7.51. The quantitative estimate of drug-likeness (QED) is 0.438. The summed E-state index contributed by atoms with van der Waals surface area (Å²) in [6.45, 7) is 4.46. The smallest absolute Gasteiger partial charge is 0.00236 e. The van der Waals surface area contributed by atoms with Crippen LogP contribution in [0.15, 0.2) is 48.5 Å². The van der Waals surface area contributed by atoms with Crippen LogP contribution in [0, 0.1) is 0 Å². The molecule has 0 radical (unpaired) electrons. The van der Waals surface area contributed by atoms with Crippen molar-refractivity contribution in [1.82, 2.24) is 0 Å². The largest absolute Gasteiger partial charge is 0.0613 e. The van der Waals surface area contributed by atoms with E-state index in [0.29, 0.717) is 0 Å². The van der Waals surface area contributed by atoms with Crippen molar-refractivity contribution in [1.29, 1.82) is 0 Å². The second-order valence-corrected chi connectivity index (χ2v) is 5.59. The molecule has 0 amide bonds. The second kappa shape index (κ2) is 4.21. The SMILES string of the molecule is CCc1ccc2c(c1)-c1cccc3c(CC)ccc-2c13. The van der Waals surface area contributed by atoms with E-state index in [1.807, 2.05) is 0 Å². The summed E-state index contributed by atoms with van der Waals surface area (Å²) in [6.07, 6.45) is 2.19. The van der Waals surface area contributed by atoms with Gasteiger partial charge >= 0.3 is 0 Å². The topological polar surface area (TPSA) is 0 Å². The Bertz CT molecular complexity index is 825. The maximum absolute atomic E-state index is 2.37. The lowest BCUT2D eigenvalue weighted by molar-refractivity contribution is 1.14. The predicted octanol–water partition coefficient (Wildman–Crippen LogP) is 5.61. The van der Waals surface area contributed by atoms with Crippen LogP contribution in [0.2, 0.25) is 0 Å². The van der Waals surface area contributed by atoms with Gasteiger partial charge in [-0.25, -0.2) is 0 Å². The molecule has 0 nitrogen and oxygen atoms in total. The van der Waals surface area contributed by atoms with Gasteiger partial charge in [-0.05, 0) is 57.0 Å². The van der Waals surface area contributed by atoms with Gasteiger partial charge < -0.3 is 0 Å². The summed E-state index contributed by atoms with van der Waals surface area (Å²) in [5.74, 6) is 0. The molecule has 0 bridgehead atoms. The minimum absolute atomic E-state index is 1.09.